The van der Waals surface area contributed by atoms with Gasteiger partial charge in [-0.2, -0.15) is 0 Å². The SMILES string of the molecule is CN1C=C=Nc2cnccc21. The molecule has 0 unspecified atom stereocenters. The van der Waals surface area contributed by atoms with Gasteiger partial charge in [0.1, 0.15) is 5.69 Å². The fraction of sp³-hybridized carbons (Fsp3) is 0.125. The number of anilines is 1. The van der Waals surface area contributed by atoms with Crippen molar-refractivity contribution in [2.75, 3.05) is 11.9 Å². The van der Waals surface area contributed by atoms with Gasteiger partial charge in [0.2, 0.25) is 0 Å². The number of rotatable bonds is 0. The van der Waals surface area contributed by atoms with E-state index in [9.17, 15) is 0 Å². The molecule has 1 aromatic rings. The van der Waals surface area contributed by atoms with Gasteiger partial charge >= 0.3 is 0 Å². The Balaban J connectivity index is 2.64. The Kier molecular flexibility index (Phi) is 1.24. The lowest BCUT2D eigenvalue weighted by Gasteiger charge is -2.16. The molecule has 54 valence electrons. The Bertz CT molecular complexity index is 337. The highest BCUT2D eigenvalue weighted by atomic mass is 15.1. The zero-order chi connectivity index (χ0) is 7.68. The molecule has 0 amide bonds. The van der Waals surface area contributed by atoms with Crippen molar-refractivity contribution < 1.29 is 0 Å². The zero-order valence-corrected chi connectivity index (χ0v) is 6.15. The lowest BCUT2D eigenvalue weighted by Crippen LogP contribution is -2.10. The van der Waals surface area contributed by atoms with E-state index in [-0.39, 0.29) is 0 Å². The highest BCUT2D eigenvalue weighted by Gasteiger charge is 2.05. The minimum absolute atomic E-state index is 0.873. The number of pyridine rings is 1. The number of aliphatic imine (C=N–C) groups is 1. The van der Waals surface area contributed by atoms with Crippen LogP contribution in [-0.2, 0) is 0 Å². The van der Waals surface area contributed by atoms with Gasteiger partial charge in [-0.25, -0.2) is 4.99 Å². The van der Waals surface area contributed by atoms with E-state index in [1.54, 1.807) is 18.6 Å². The molecule has 0 N–H and O–H groups in total. The topological polar surface area (TPSA) is 28.5 Å². The van der Waals surface area contributed by atoms with Crippen LogP contribution in [-0.4, -0.2) is 17.9 Å². The monoisotopic (exact) mass is 145 g/mol. The molecule has 0 bridgehead atoms. The zero-order valence-electron chi connectivity index (χ0n) is 6.15. The van der Waals surface area contributed by atoms with Crippen LogP contribution in [0.5, 0.6) is 0 Å². The van der Waals surface area contributed by atoms with Gasteiger partial charge in [0.15, 0.2) is 0 Å². The highest BCUT2D eigenvalue weighted by Crippen LogP contribution is 2.27. The Morgan fingerprint density at radius 1 is 1.55 bits per heavy atom. The fourth-order valence-electron chi connectivity index (χ4n) is 1.02. The van der Waals surface area contributed by atoms with Gasteiger partial charge in [-0.05, 0) is 6.07 Å². The van der Waals surface area contributed by atoms with E-state index in [2.05, 4.69) is 15.8 Å². The molecule has 0 aromatic carbocycles. The van der Waals surface area contributed by atoms with Crippen molar-refractivity contribution in [2.45, 2.75) is 0 Å². The maximum absolute atomic E-state index is 4.03. The quantitative estimate of drug-likeness (QED) is 0.551. The van der Waals surface area contributed by atoms with Gasteiger partial charge in [-0.15, -0.1) is 0 Å². The molecule has 1 aliphatic heterocycles. The molecule has 0 saturated heterocycles. The second-order valence-corrected chi connectivity index (χ2v) is 2.35. The average molecular weight is 145 g/mol. The molecule has 3 heteroatoms. The van der Waals surface area contributed by atoms with Crippen molar-refractivity contribution in [2.24, 2.45) is 4.99 Å². The summed E-state index contributed by atoms with van der Waals surface area (Å²) in [6.07, 6.45) is 5.28. The second kappa shape index (κ2) is 2.22. The molecule has 11 heavy (non-hydrogen) atoms. The summed E-state index contributed by atoms with van der Waals surface area (Å²) in [7, 11) is 1.96. The van der Waals surface area contributed by atoms with Crippen LogP contribution in [0.2, 0.25) is 0 Å². The van der Waals surface area contributed by atoms with Crippen molar-refractivity contribution in [3.63, 3.8) is 0 Å². The van der Waals surface area contributed by atoms with E-state index in [4.69, 9.17) is 0 Å². The first-order valence-corrected chi connectivity index (χ1v) is 3.34. The maximum atomic E-state index is 4.03. The predicted molar refractivity (Wildman–Crippen MR) is 44.3 cm³/mol. The van der Waals surface area contributed by atoms with Crippen LogP contribution in [0.4, 0.5) is 11.4 Å². The summed E-state index contributed by atoms with van der Waals surface area (Å²) < 4.78 is 0. The van der Waals surface area contributed by atoms with Crippen LogP contribution in [0.1, 0.15) is 0 Å². The normalized spacial score (nSPS) is 13.4. The van der Waals surface area contributed by atoms with Crippen molar-refractivity contribution in [3.8, 4) is 0 Å². The third kappa shape index (κ3) is 0.914. The Morgan fingerprint density at radius 2 is 2.45 bits per heavy atom. The maximum Gasteiger partial charge on any atom is 0.115 e. The third-order valence-corrected chi connectivity index (χ3v) is 1.59. The van der Waals surface area contributed by atoms with E-state index >= 15 is 0 Å². The summed E-state index contributed by atoms with van der Waals surface area (Å²) in [5.74, 6) is 2.78. The molecule has 0 aliphatic carbocycles. The molecule has 0 radical (unpaired) electrons. The van der Waals surface area contributed by atoms with E-state index in [1.165, 1.54) is 0 Å². The first-order valence-electron chi connectivity index (χ1n) is 3.34. The van der Waals surface area contributed by atoms with Crippen LogP contribution >= 0.6 is 0 Å². The van der Waals surface area contributed by atoms with Crippen molar-refractivity contribution in [3.05, 3.63) is 24.7 Å². The first kappa shape index (κ1) is 6.13. The van der Waals surface area contributed by atoms with Crippen molar-refractivity contribution in [1.82, 2.24) is 4.98 Å². The van der Waals surface area contributed by atoms with Gasteiger partial charge in [-0.3, -0.25) is 4.98 Å². The molecule has 0 spiro atoms. The summed E-state index contributed by atoms with van der Waals surface area (Å²) in [5.41, 5.74) is 1.94. The fourth-order valence-corrected chi connectivity index (χ4v) is 1.02. The lowest BCUT2D eigenvalue weighted by molar-refractivity contribution is 1.17. The highest BCUT2D eigenvalue weighted by molar-refractivity contribution is 5.77. The van der Waals surface area contributed by atoms with Crippen LogP contribution in [0.3, 0.4) is 0 Å². The third-order valence-electron chi connectivity index (χ3n) is 1.59. The Labute approximate surface area is 64.7 Å². The lowest BCUT2D eigenvalue weighted by atomic mass is 10.3. The van der Waals surface area contributed by atoms with Crippen LogP contribution in [0, 0.1) is 0 Å². The largest absolute Gasteiger partial charge is 0.341 e. The van der Waals surface area contributed by atoms with E-state index in [0.717, 1.165) is 11.4 Å². The van der Waals surface area contributed by atoms with Crippen LogP contribution in [0.25, 0.3) is 0 Å². The summed E-state index contributed by atoms with van der Waals surface area (Å²) in [5, 5.41) is 0. The minimum atomic E-state index is 0.873. The van der Waals surface area contributed by atoms with Crippen LogP contribution < -0.4 is 4.90 Å². The van der Waals surface area contributed by atoms with E-state index < -0.39 is 0 Å². The second-order valence-electron chi connectivity index (χ2n) is 2.35. The van der Waals surface area contributed by atoms with E-state index in [1.807, 2.05) is 18.0 Å². The summed E-state index contributed by atoms with van der Waals surface area (Å²) in [4.78, 5) is 9.95. The average Bonchev–Trinajstić information content (AvgIpc) is 2.06. The number of hydrogen-bond donors (Lipinski definition) is 0. The molecule has 0 atom stereocenters. The summed E-state index contributed by atoms with van der Waals surface area (Å²) >= 11 is 0. The smallest absolute Gasteiger partial charge is 0.115 e. The van der Waals surface area contributed by atoms with E-state index in [0.29, 0.717) is 0 Å². The molecule has 2 heterocycles. The molecule has 3 nitrogen and oxygen atoms in total. The molecule has 0 fully saturated rings. The van der Waals surface area contributed by atoms with Gasteiger partial charge in [-0.1, -0.05) is 0 Å². The molecule has 0 saturated carbocycles. The summed E-state index contributed by atoms with van der Waals surface area (Å²) in [6, 6.07) is 1.93. The number of aromatic nitrogens is 1. The van der Waals surface area contributed by atoms with Crippen molar-refractivity contribution in [1.29, 1.82) is 0 Å². The van der Waals surface area contributed by atoms with Gasteiger partial charge in [0.05, 0.1) is 18.1 Å². The van der Waals surface area contributed by atoms with Gasteiger partial charge in [0.25, 0.3) is 0 Å². The number of nitrogens with zero attached hydrogens (tertiary/aromatic N) is 3. The molecule has 1 aromatic heterocycles. The van der Waals surface area contributed by atoms with Crippen molar-refractivity contribution >= 4 is 17.2 Å². The predicted octanol–water partition coefficient (Wildman–Crippen LogP) is 1.35. The van der Waals surface area contributed by atoms with Gasteiger partial charge in [0, 0.05) is 19.1 Å². The van der Waals surface area contributed by atoms with Gasteiger partial charge < -0.3 is 4.90 Å². The molecule has 2 rings (SSSR count). The minimum Gasteiger partial charge on any atom is -0.341 e. The number of fused-ring (bicyclic) bond motifs is 1. The number of hydrogen-bond acceptors (Lipinski definition) is 3. The standard InChI is InChI=1S/C8H7N3/c1-11-5-4-10-7-6-9-3-2-8(7)11/h2-3,5-6H,1H3. The Hall–Kier alpha value is -1.60. The molecule has 1 aliphatic rings. The van der Waals surface area contributed by atoms with Crippen LogP contribution in [0.15, 0.2) is 29.7 Å². The first-order chi connectivity index (χ1) is 5.38. The molecular weight excluding hydrogens is 138 g/mol. The Morgan fingerprint density at radius 3 is 3.27 bits per heavy atom. The molecular formula is C8H7N3. The summed E-state index contributed by atoms with van der Waals surface area (Å²) in [6.45, 7) is 0.